The van der Waals surface area contributed by atoms with Crippen LogP contribution in [0.15, 0.2) is 5.16 Å². The van der Waals surface area contributed by atoms with Crippen LogP contribution in [0, 0.1) is 5.41 Å². The topological polar surface area (TPSA) is 105 Å². The van der Waals surface area contributed by atoms with Gasteiger partial charge in [0.1, 0.15) is 5.41 Å². The van der Waals surface area contributed by atoms with E-state index in [0.717, 1.165) is 0 Å². The maximum atomic E-state index is 11.8. The van der Waals surface area contributed by atoms with Gasteiger partial charge in [-0.2, -0.15) is 0 Å². The van der Waals surface area contributed by atoms with E-state index in [1.54, 1.807) is 20.1 Å². The van der Waals surface area contributed by atoms with Crippen LogP contribution in [0.2, 0.25) is 0 Å². The monoisotopic (exact) mass is 249 g/mol. The van der Waals surface area contributed by atoms with Crippen LogP contribution in [-0.4, -0.2) is 39.7 Å². The molecule has 0 fully saturated rings. The van der Waals surface area contributed by atoms with E-state index >= 15 is 0 Å². The van der Waals surface area contributed by atoms with Crippen LogP contribution in [0.25, 0.3) is 0 Å². The fourth-order valence-corrected chi connectivity index (χ4v) is 1.46. The summed E-state index contributed by atoms with van der Waals surface area (Å²) in [6.45, 7) is 3.69. The van der Waals surface area contributed by atoms with E-state index in [-0.39, 0.29) is 11.7 Å². The number of nitrogens with one attached hydrogen (secondary N) is 1. The number of oxime groups is 1. The third-order valence-electron chi connectivity index (χ3n) is 2.56. The standard InChI is InChI=1S/C9H19N3O3S/c1-4-9(2,7(10)12-14)8(13)11-5-6-16(3)15/h14H,4-6H2,1-3H3,(H2,10,12)(H,11,13). The van der Waals surface area contributed by atoms with Crippen molar-refractivity contribution in [2.24, 2.45) is 16.3 Å². The van der Waals surface area contributed by atoms with Crippen LogP contribution < -0.4 is 11.1 Å². The lowest BCUT2D eigenvalue weighted by molar-refractivity contribution is -0.127. The average Bonchev–Trinajstić information content (AvgIpc) is 2.26. The van der Waals surface area contributed by atoms with Crippen molar-refractivity contribution in [1.82, 2.24) is 5.32 Å². The first-order valence-corrected chi connectivity index (χ1v) is 6.67. The summed E-state index contributed by atoms with van der Waals surface area (Å²) in [6, 6.07) is 0. The van der Waals surface area contributed by atoms with Gasteiger partial charge in [0.25, 0.3) is 0 Å². The molecule has 16 heavy (non-hydrogen) atoms. The van der Waals surface area contributed by atoms with Crippen LogP contribution in [-0.2, 0) is 15.6 Å². The molecule has 0 heterocycles. The molecule has 0 aromatic heterocycles. The highest BCUT2D eigenvalue weighted by Gasteiger charge is 2.36. The number of hydrogen-bond acceptors (Lipinski definition) is 4. The van der Waals surface area contributed by atoms with E-state index in [4.69, 9.17) is 10.9 Å². The summed E-state index contributed by atoms with van der Waals surface area (Å²) < 4.78 is 10.8. The predicted molar refractivity (Wildman–Crippen MR) is 63.8 cm³/mol. The number of nitrogens with two attached hydrogens (primary N) is 1. The second-order valence-electron chi connectivity index (χ2n) is 3.70. The molecule has 2 unspecified atom stereocenters. The van der Waals surface area contributed by atoms with Gasteiger partial charge in [-0.1, -0.05) is 12.1 Å². The molecular weight excluding hydrogens is 230 g/mol. The van der Waals surface area contributed by atoms with Gasteiger partial charge in [-0.05, 0) is 13.3 Å². The van der Waals surface area contributed by atoms with E-state index in [0.29, 0.717) is 18.7 Å². The Morgan fingerprint density at radius 3 is 2.56 bits per heavy atom. The Bertz CT molecular complexity index is 306. The lowest BCUT2D eigenvalue weighted by Gasteiger charge is -2.25. The zero-order valence-electron chi connectivity index (χ0n) is 9.82. The molecule has 0 bridgehead atoms. The Labute approximate surface area is 97.7 Å². The zero-order valence-corrected chi connectivity index (χ0v) is 10.6. The molecule has 0 aliphatic heterocycles. The molecule has 6 nitrogen and oxygen atoms in total. The van der Waals surface area contributed by atoms with E-state index in [9.17, 15) is 9.00 Å². The minimum absolute atomic E-state index is 0.120. The van der Waals surface area contributed by atoms with Gasteiger partial charge < -0.3 is 16.3 Å². The van der Waals surface area contributed by atoms with Gasteiger partial charge in [-0.15, -0.1) is 0 Å². The highest BCUT2D eigenvalue weighted by atomic mass is 32.2. The smallest absolute Gasteiger partial charge is 0.233 e. The van der Waals surface area contributed by atoms with Crippen LogP contribution in [0.5, 0.6) is 0 Å². The Kier molecular flexibility index (Phi) is 6.02. The minimum atomic E-state index is -1.02. The molecule has 4 N–H and O–H groups in total. The largest absolute Gasteiger partial charge is 0.409 e. The van der Waals surface area contributed by atoms with Crippen molar-refractivity contribution in [2.45, 2.75) is 20.3 Å². The molecule has 0 rings (SSSR count). The Morgan fingerprint density at radius 1 is 1.62 bits per heavy atom. The van der Waals surface area contributed by atoms with Gasteiger partial charge >= 0.3 is 0 Å². The minimum Gasteiger partial charge on any atom is -0.409 e. The molecule has 0 aliphatic rings. The fraction of sp³-hybridized carbons (Fsp3) is 0.778. The number of nitrogens with zero attached hydrogens (tertiary/aromatic N) is 1. The third-order valence-corrected chi connectivity index (χ3v) is 3.34. The number of carbonyl (C=O) groups excluding carboxylic acids is 1. The highest BCUT2D eigenvalue weighted by molar-refractivity contribution is 7.84. The van der Waals surface area contributed by atoms with Gasteiger partial charge in [0, 0.05) is 29.4 Å². The van der Waals surface area contributed by atoms with Crippen molar-refractivity contribution in [3.05, 3.63) is 0 Å². The Balaban J connectivity index is 4.48. The van der Waals surface area contributed by atoms with Crippen molar-refractivity contribution in [3.63, 3.8) is 0 Å². The second-order valence-corrected chi connectivity index (χ2v) is 5.26. The lowest BCUT2D eigenvalue weighted by atomic mass is 9.85. The van der Waals surface area contributed by atoms with Crippen molar-refractivity contribution in [1.29, 1.82) is 0 Å². The van der Waals surface area contributed by atoms with Crippen LogP contribution in [0.4, 0.5) is 0 Å². The quantitative estimate of drug-likeness (QED) is 0.259. The summed E-state index contributed by atoms with van der Waals surface area (Å²) >= 11 is 0. The molecule has 0 spiro atoms. The first-order valence-electron chi connectivity index (χ1n) is 4.94. The van der Waals surface area contributed by atoms with Crippen LogP contribution in [0.1, 0.15) is 20.3 Å². The van der Waals surface area contributed by atoms with E-state index in [1.165, 1.54) is 0 Å². The summed E-state index contributed by atoms with van der Waals surface area (Å²) in [5.74, 6) is -0.0531. The van der Waals surface area contributed by atoms with Crippen LogP contribution in [0.3, 0.4) is 0 Å². The number of hydrogen-bond donors (Lipinski definition) is 3. The van der Waals surface area contributed by atoms with Gasteiger partial charge in [0.05, 0.1) is 0 Å². The molecule has 0 saturated carbocycles. The summed E-state index contributed by atoms with van der Waals surface area (Å²) in [7, 11) is -0.949. The fourth-order valence-electron chi connectivity index (χ4n) is 1.07. The number of carbonyl (C=O) groups is 1. The van der Waals surface area contributed by atoms with E-state index < -0.39 is 16.2 Å². The van der Waals surface area contributed by atoms with Crippen molar-refractivity contribution in [2.75, 3.05) is 18.6 Å². The molecule has 0 aromatic carbocycles. The molecule has 1 amide bonds. The first-order chi connectivity index (χ1) is 7.38. The molecule has 0 aromatic rings. The van der Waals surface area contributed by atoms with E-state index in [2.05, 4.69) is 10.5 Å². The highest BCUT2D eigenvalue weighted by Crippen LogP contribution is 2.21. The molecule has 2 atom stereocenters. The Morgan fingerprint density at radius 2 is 2.19 bits per heavy atom. The van der Waals surface area contributed by atoms with Crippen molar-refractivity contribution >= 4 is 22.5 Å². The summed E-state index contributed by atoms with van der Waals surface area (Å²) in [5.41, 5.74) is 4.45. The maximum Gasteiger partial charge on any atom is 0.233 e. The molecule has 0 aliphatic carbocycles. The Hall–Kier alpha value is -1.11. The predicted octanol–water partition coefficient (Wildman–Crippen LogP) is -0.356. The van der Waals surface area contributed by atoms with Crippen molar-refractivity contribution in [3.8, 4) is 0 Å². The summed E-state index contributed by atoms with van der Waals surface area (Å²) in [4.78, 5) is 11.8. The summed E-state index contributed by atoms with van der Waals surface area (Å²) in [6.07, 6.45) is 1.98. The van der Waals surface area contributed by atoms with Gasteiger partial charge in [-0.3, -0.25) is 9.00 Å². The molecular formula is C9H19N3O3S. The zero-order chi connectivity index (χ0) is 12.8. The van der Waals surface area contributed by atoms with Crippen molar-refractivity contribution < 1.29 is 14.2 Å². The van der Waals surface area contributed by atoms with Crippen LogP contribution >= 0.6 is 0 Å². The second kappa shape index (κ2) is 6.47. The molecule has 94 valence electrons. The maximum absolute atomic E-state index is 11.8. The molecule has 7 heteroatoms. The van der Waals surface area contributed by atoms with Gasteiger partial charge in [0.2, 0.25) is 5.91 Å². The number of amidine groups is 1. The third kappa shape index (κ3) is 3.80. The lowest BCUT2D eigenvalue weighted by Crippen LogP contribution is -2.48. The normalized spacial score (nSPS) is 17.6. The van der Waals surface area contributed by atoms with E-state index in [1.807, 2.05) is 0 Å². The SMILES string of the molecule is CCC(C)(C(=O)NCCS(C)=O)C(N)=NO. The van der Waals surface area contributed by atoms with Gasteiger partial charge in [0.15, 0.2) is 5.84 Å². The first kappa shape index (κ1) is 14.9. The molecule has 0 radical (unpaired) electrons. The summed E-state index contributed by atoms with van der Waals surface area (Å²) in [5, 5.41) is 14.1. The average molecular weight is 249 g/mol. The number of amides is 1. The van der Waals surface area contributed by atoms with Gasteiger partial charge in [-0.25, -0.2) is 0 Å². The number of rotatable bonds is 6. The molecule has 0 saturated heterocycles.